The van der Waals surface area contributed by atoms with Crippen molar-refractivity contribution < 1.29 is 18.1 Å². The summed E-state index contributed by atoms with van der Waals surface area (Å²) in [6.07, 6.45) is 4.46. The van der Waals surface area contributed by atoms with Crippen LogP contribution in [0.15, 0.2) is 42.2 Å². The number of hydrogen-bond donors (Lipinski definition) is 1. The molecular weight excluding hydrogens is 812 g/mol. The lowest BCUT2D eigenvalue weighted by atomic mass is 10.1. The van der Waals surface area contributed by atoms with Gasteiger partial charge in [-0.1, -0.05) is 122 Å². The highest BCUT2D eigenvalue weighted by atomic mass is 35.5. The standard InChI is InChI=1S/C45H75ClN4O4SSi3/c1-28(2)57(29(3)4,30(5)6)53-39-23-36(21-34(39)25-52-56(16,17)45(13,14)15)49-44-37(24-47-27-48-44)42(51)40-22-35(26-55-40)43(38-19-18-20-41(46)50-38)54-58(31(7)8,32(9)10)33(11)12/h18-20,22,24,26-34,36,39,43H,21,23,25H2,1-17H3,(H,47,48,49)/t34-,36-,39+,43+/m1/s1. The van der Waals surface area contributed by atoms with Crippen molar-refractivity contribution in [1.29, 1.82) is 0 Å². The zero-order valence-electron chi connectivity index (χ0n) is 38.7. The summed E-state index contributed by atoms with van der Waals surface area (Å²) >= 11 is 7.89. The summed E-state index contributed by atoms with van der Waals surface area (Å²) in [6.45, 7) is 40.0. The van der Waals surface area contributed by atoms with Crippen molar-refractivity contribution in [3.8, 4) is 0 Å². The van der Waals surface area contributed by atoms with Gasteiger partial charge in [-0.05, 0) is 93.4 Å². The lowest BCUT2D eigenvalue weighted by Gasteiger charge is -2.45. The number of nitrogens with one attached hydrogen (secondary N) is 1. The molecule has 4 rings (SSSR count). The first-order chi connectivity index (χ1) is 26.9. The molecule has 1 aliphatic rings. The number of ketones is 1. The Bertz CT molecular complexity index is 1770. The van der Waals surface area contributed by atoms with Crippen molar-refractivity contribution in [3.63, 3.8) is 0 Å². The van der Waals surface area contributed by atoms with Gasteiger partial charge in [-0.2, -0.15) is 0 Å². The number of hydrogen-bond acceptors (Lipinski definition) is 9. The molecule has 0 amide bonds. The maximum Gasteiger partial charge on any atom is 0.208 e. The summed E-state index contributed by atoms with van der Waals surface area (Å²) in [4.78, 5) is 28.9. The van der Waals surface area contributed by atoms with Crippen molar-refractivity contribution in [2.75, 3.05) is 11.9 Å². The highest BCUT2D eigenvalue weighted by Gasteiger charge is 2.51. The first-order valence-corrected chi connectivity index (χ1v) is 30.1. The van der Waals surface area contributed by atoms with Gasteiger partial charge in [0.15, 0.2) is 8.32 Å². The maximum absolute atomic E-state index is 14.5. The van der Waals surface area contributed by atoms with Crippen LogP contribution >= 0.6 is 22.9 Å². The van der Waals surface area contributed by atoms with Crippen LogP contribution in [0.5, 0.6) is 0 Å². The average Bonchev–Trinajstić information content (AvgIpc) is 3.76. The molecule has 1 aliphatic carbocycles. The van der Waals surface area contributed by atoms with Crippen LogP contribution in [0.2, 0.25) is 56.5 Å². The van der Waals surface area contributed by atoms with E-state index in [1.54, 1.807) is 12.3 Å². The van der Waals surface area contributed by atoms with Gasteiger partial charge < -0.3 is 18.6 Å². The van der Waals surface area contributed by atoms with Crippen LogP contribution in [0.1, 0.15) is 149 Å². The summed E-state index contributed by atoms with van der Waals surface area (Å²) in [6, 6.07) is 7.71. The molecule has 3 heterocycles. The van der Waals surface area contributed by atoms with E-state index in [1.807, 2.05) is 23.6 Å². The van der Waals surface area contributed by atoms with Gasteiger partial charge in [0, 0.05) is 24.8 Å². The number of halogens is 1. The molecule has 4 atom stereocenters. The Labute approximate surface area is 363 Å². The number of nitrogens with zero attached hydrogens (tertiary/aromatic N) is 3. The van der Waals surface area contributed by atoms with Gasteiger partial charge in [-0.15, -0.1) is 11.3 Å². The number of rotatable bonds is 19. The van der Waals surface area contributed by atoms with Crippen LogP contribution in [0.25, 0.3) is 0 Å². The lowest BCUT2D eigenvalue weighted by molar-refractivity contribution is 0.0971. The van der Waals surface area contributed by atoms with Gasteiger partial charge >= 0.3 is 0 Å². The van der Waals surface area contributed by atoms with E-state index >= 15 is 0 Å². The maximum atomic E-state index is 14.5. The van der Waals surface area contributed by atoms with E-state index < -0.39 is 31.1 Å². The van der Waals surface area contributed by atoms with Gasteiger partial charge in [0.25, 0.3) is 0 Å². The molecule has 3 aromatic rings. The summed E-state index contributed by atoms with van der Waals surface area (Å²) in [5.41, 5.74) is 4.62. The van der Waals surface area contributed by atoms with Crippen LogP contribution in [-0.4, -0.2) is 64.4 Å². The second-order valence-electron chi connectivity index (χ2n) is 20.2. The van der Waals surface area contributed by atoms with Crippen LogP contribution in [0.4, 0.5) is 5.82 Å². The van der Waals surface area contributed by atoms with Crippen molar-refractivity contribution in [3.05, 3.63) is 69.0 Å². The van der Waals surface area contributed by atoms with Gasteiger partial charge in [0.2, 0.25) is 22.4 Å². The Morgan fingerprint density at radius 2 is 1.48 bits per heavy atom. The molecule has 0 saturated heterocycles. The monoisotopic (exact) mass is 886 g/mol. The molecule has 0 aliphatic heterocycles. The summed E-state index contributed by atoms with van der Waals surface area (Å²) in [5, 5.41) is 6.30. The van der Waals surface area contributed by atoms with Crippen molar-refractivity contribution in [2.45, 2.75) is 186 Å². The SMILES string of the molecule is CC(C)[Si](O[C@@H](c1csc(C(=O)c2cncnc2N[C@@H]2C[C@H](CO[Si](C)(C)C(C)(C)C)[C@@H](O[Si](C(C)C)(C(C)C)C(C)C)C2)c1)c1cccc(Cl)n1)(C(C)C)C(C)C. The molecule has 58 heavy (non-hydrogen) atoms. The molecule has 1 N–H and O–H groups in total. The third-order valence-electron chi connectivity index (χ3n) is 13.6. The van der Waals surface area contributed by atoms with Gasteiger partial charge in [-0.3, -0.25) is 4.79 Å². The minimum atomic E-state index is -2.37. The first kappa shape index (κ1) is 48.9. The smallest absolute Gasteiger partial charge is 0.208 e. The number of carbonyl (C=O) groups is 1. The molecule has 1 saturated carbocycles. The third kappa shape index (κ3) is 10.5. The molecule has 3 aromatic heterocycles. The van der Waals surface area contributed by atoms with Crippen molar-refractivity contribution in [1.82, 2.24) is 15.0 Å². The number of aromatic nitrogens is 3. The van der Waals surface area contributed by atoms with E-state index in [0.717, 1.165) is 24.1 Å². The minimum absolute atomic E-state index is 0.0530. The van der Waals surface area contributed by atoms with Crippen LogP contribution in [0.3, 0.4) is 0 Å². The molecule has 0 aromatic carbocycles. The Kier molecular flexibility index (Phi) is 16.4. The molecule has 0 unspecified atom stereocenters. The van der Waals surface area contributed by atoms with Crippen LogP contribution in [0, 0.1) is 5.92 Å². The summed E-state index contributed by atoms with van der Waals surface area (Å²) < 4.78 is 21.8. The highest BCUT2D eigenvalue weighted by Crippen LogP contribution is 2.48. The quantitative estimate of drug-likeness (QED) is 0.0722. The fourth-order valence-electron chi connectivity index (χ4n) is 9.75. The second-order valence-corrected chi connectivity index (χ2v) is 37.1. The Balaban J connectivity index is 1.67. The fourth-order valence-corrected chi connectivity index (χ4v) is 23.0. The van der Waals surface area contributed by atoms with Gasteiger partial charge in [0.1, 0.15) is 23.4 Å². The Morgan fingerprint density at radius 1 is 0.897 bits per heavy atom. The van der Waals surface area contributed by atoms with Crippen LogP contribution in [-0.2, 0) is 13.3 Å². The zero-order valence-corrected chi connectivity index (χ0v) is 43.3. The number of anilines is 1. The topological polar surface area (TPSA) is 95.5 Å². The second kappa shape index (κ2) is 19.5. The lowest BCUT2D eigenvalue weighted by Crippen LogP contribution is -2.51. The largest absolute Gasteiger partial charge is 0.416 e. The molecule has 0 radical (unpaired) electrons. The summed E-state index contributed by atoms with van der Waals surface area (Å²) in [7, 11) is -6.54. The molecular formula is C45H75ClN4O4SSi3. The molecule has 13 heteroatoms. The third-order valence-corrected chi connectivity index (χ3v) is 31.5. The van der Waals surface area contributed by atoms with Crippen LogP contribution < -0.4 is 5.32 Å². The summed E-state index contributed by atoms with van der Waals surface area (Å²) in [5.74, 6) is 0.664. The molecule has 324 valence electrons. The van der Waals surface area contributed by atoms with E-state index in [4.69, 9.17) is 29.9 Å². The predicted octanol–water partition coefficient (Wildman–Crippen LogP) is 13.9. The molecule has 0 bridgehead atoms. The minimum Gasteiger partial charge on any atom is -0.416 e. The normalized spacial score (nSPS) is 19.1. The molecule has 1 fully saturated rings. The first-order valence-electron chi connectivity index (χ1n) is 21.7. The molecule has 8 nitrogen and oxygen atoms in total. The molecule has 0 spiro atoms. The predicted molar refractivity (Wildman–Crippen MR) is 252 cm³/mol. The van der Waals surface area contributed by atoms with E-state index in [1.165, 1.54) is 17.7 Å². The average molecular weight is 888 g/mol. The van der Waals surface area contributed by atoms with E-state index in [2.05, 4.69) is 132 Å². The zero-order chi connectivity index (χ0) is 43.5. The van der Waals surface area contributed by atoms with Crippen molar-refractivity contribution >= 4 is 59.5 Å². The van der Waals surface area contributed by atoms with Crippen molar-refractivity contribution in [2.24, 2.45) is 5.92 Å². The van der Waals surface area contributed by atoms with E-state index in [0.29, 0.717) is 61.3 Å². The highest BCUT2D eigenvalue weighted by molar-refractivity contribution is 7.12. The number of pyridine rings is 1. The van der Waals surface area contributed by atoms with E-state index in [9.17, 15) is 4.79 Å². The van der Waals surface area contributed by atoms with Gasteiger partial charge in [0.05, 0.1) is 22.2 Å². The Hall–Kier alpha value is -1.78. The number of thiophene rings is 1. The van der Waals surface area contributed by atoms with E-state index in [-0.39, 0.29) is 28.9 Å². The number of carbonyl (C=O) groups excluding carboxylic acids is 1. The van der Waals surface area contributed by atoms with Gasteiger partial charge in [-0.25, -0.2) is 15.0 Å². The fraction of sp³-hybridized carbons (Fsp3) is 0.689. The Morgan fingerprint density at radius 3 is 2.02 bits per heavy atom.